The molecule has 0 rings (SSSR count). The number of hydrogen-bond acceptors (Lipinski definition) is 5. The van der Waals surface area contributed by atoms with Crippen LogP contribution in [0.15, 0.2) is 72.9 Å². The van der Waals surface area contributed by atoms with E-state index in [1.54, 1.807) is 6.08 Å². The van der Waals surface area contributed by atoms with Crippen LogP contribution in [0.3, 0.4) is 0 Å². The van der Waals surface area contributed by atoms with Gasteiger partial charge in [-0.1, -0.05) is 196 Å². The average Bonchev–Trinajstić information content (AvgIpc) is 3.21. The minimum Gasteiger partial charge on any atom is -0.387 e. The lowest BCUT2D eigenvalue weighted by Gasteiger charge is -2.25. The lowest BCUT2D eigenvalue weighted by atomic mass is 10.0. The second kappa shape index (κ2) is 43.2. The smallest absolute Gasteiger partial charge is 0.387 e. The molecule has 0 aromatic carbocycles. The van der Waals surface area contributed by atoms with Crippen LogP contribution in [-0.4, -0.2) is 73.4 Å². The number of aliphatic hydroxyl groups is 1. The van der Waals surface area contributed by atoms with Crippen LogP contribution in [0.2, 0.25) is 0 Å². The number of phosphoric ester groups is 1. The number of likely N-dealkylation sites (N-methyl/N-ethyl adjacent to an activating group) is 1. The Morgan fingerprint density at radius 2 is 1.00 bits per heavy atom. The summed E-state index contributed by atoms with van der Waals surface area (Å²) >= 11 is 0. The Balaban J connectivity index is 4.20. The van der Waals surface area contributed by atoms with E-state index in [-0.39, 0.29) is 19.1 Å². The topological polar surface area (TPSA) is 105 Å². The third-order valence-corrected chi connectivity index (χ3v) is 11.6. The maximum atomic E-state index is 12.9. The quantitative estimate of drug-likeness (QED) is 0.0244. The van der Waals surface area contributed by atoms with Gasteiger partial charge in [-0.05, 0) is 70.6 Å². The van der Waals surface area contributed by atoms with Gasteiger partial charge >= 0.3 is 7.82 Å². The summed E-state index contributed by atoms with van der Waals surface area (Å²) in [6, 6.07) is -0.865. The van der Waals surface area contributed by atoms with Crippen LogP contribution in [0.1, 0.15) is 200 Å². The van der Waals surface area contributed by atoms with E-state index in [0.29, 0.717) is 17.4 Å². The molecule has 0 aliphatic heterocycles. The first-order chi connectivity index (χ1) is 29.5. The summed E-state index contributed by atoms with van der Waals surface area (Å²) in [5.41, 5.74) is 0. The molecule has 0 fully saturated rings. The van der Waals surface area contributed by atoms with Gasteiger partial charge in [0.25, 0.3) is 0 Å². The van der Waals surface area contributed by atoms with Crippen molar-refractivity contribution in [3.63, 3.8) is 0 Å². The van der Waals surface area contributed by atoms with E-state index in [1.807, 2.05) is 27.2 Å². The van der Waals surface area contributed by atoms with Crippen LogP contribution in [0.25, 0.3) is 0 Å². The molecule has 0 saturated carbocycles. The Bertz CT molecular complexity index is 1220. The molecule has 0 saturated heterocycles. The summed E-state index contributed by atoms with van der Waals surface area (Å²) in [4.78, 5) is 23.2. The van der Waals surface area contributed by atoms with Crippen LogP contribution >= 0.6 is 7.82 Å². The van der Waals surface area contributed by atoms with Crippen molar-refractivity contribution in [3.05, 3.63) is 72.9 Å². The molecule has 0 aliphatic carbocycles. The second-order valence-corrected chi connectivity index (χ2v) is 19.3. The summed E-state index contributed by atoms with van der Waals surface area (Å²) in [7, 11) is 1.55. The number of nitrogens with one attached hydrogen (secondary N) is 1. The molecule has 61 heavy (non-hydrogen) atoms. The maximum Gasteiger partial charge on any atom is 0.472 e. The van der Waals surface area contributed by atoms with Gasteiger partial charge in [0.05, 0.1) is 39.9 Å². The number of quaternary nitrogens is 1. The molecule has 3 unspecified atom stereocenters. The molecule has 354 valence electrons. The first kappa shape index (κ1) is 58.9. The van der Waals surface area contributed by atoms with Crippen LogP contribution in [-0.2, 0) is 18.4 Å². The van der Waals surface area contributed by atoms with Gasteiger partial charge in [-0.15, -0.1) is 0 Å². The highest BCUT2D eigenvalue weighted by Crippen LogP contribution is 2.43. The maximum absolute atomic E-state index is 12.9. The fourth-order valence-corrected chi connectivity index (χ4v) is 7.49. The van der Waals surface area contributed by atoms with E-state index in [2.05, 4.69) is 79.9 Å². The van der Waals surface area contributed by atoms with Crippen LogP contribution < -0.4 is 5.32 Å². The minimum atomic E-state index is -4.35. The Morgan fingerprint density at radius 3 is 1.51 bits per heavy atom. The van der Waals surface area contributed by atoms with Gasteiger partial charge in [0.15, 0.2) is 0 Å². The largest absolute Gasteiger partial charge is 0.472 e. The summed E-state index contributed by atoms with van der Waals surface area (Å²) in [6.07, 6.45) is 58.5. The molecule has 1 amide bonds. The third kappa shape index (κ3) is 45.8. The van der Waals surface area contributed by atoms with Crippen LogP contribution in [0.5, 0.6) is 0 Å². The molecule has 0 aliphatic rings. The number of carbonyl (C=O) groups excluding carboxylic acids is 1. The van der Waals surface area contributed by atoms with Crippen LogP contribution in [0.4, 0.5) is 0 Å². The number of amides is 1. The number of unbranched alkanes of at least 4 members (excludes halogenated alkanes) is 21. The number of allylic oxidation sites excluding steroid dienone is 11. The predicted molar refractivity (Wildman–Crippen MR) is 263 cm³/mol. The molecule has 8 nitrogen and oxygen atoms in total. The van der Waals surface area contributed by atoms with Crippen molar-refractivity contribution in [1.82, 2.24) is 5.32 Å². The molecule has 9 heteroatoms. The highest BCUT2D eigenvalue weighted by molar-refractivity contribution is 7.47. The van der Waals surface area contributed by atoms with Gasteiger partial charge in [0, 0.05) is 6.42 Å². The predicted octanol–water partition coefficient (Wildman–Crippen LogP) is 14.4. The lowest BCUT2D eigenvalue weighted by molar-refractivity contribution is -0.870. The SMILES string of the molecule is CC/C=C\C/C=C\C/C=C\C/C=C\CCCCCCCCCCCCCCCCC(=O)NC(COP(=O)(O)OCC[N+](C)(C)C)C(O)/C=C/CC/C=C/CCCCCCCC. The summed E-state index contributed by atoms with van der Waals surface area (Å²) < 4.78 is 23.6. The second-order valence-electron chi connectivity index (χ2n) is 17.8. The summed E-state index contributed by atoms with van der Waals surface area (Å²) in [5, 5.41) is 13.8. The van der Waals surface area contributed by atoms with Crippen LogP contribution in [0, 0.1) is 0 Å². The number of phosphoric acid groups is 1. The van der Waals surface area contributed by atoms with E-state index in [9.17, 15) is 19.4 Å². The Kier molecular flexibility index (Phi) is 41.7. The third-order valence-electron chi connectivity index (χ3n) is 10.7. The summed E-state index contributed by atoms with van der Waals surface area (Å²) in [6.45, 7) is 4.65. The summed E-state index contributed by atoms with van der Waals surface area (Å²) in [5.74, 6) is -0.191. The highest BCUT2D eigenvalue weighted by Gasteiger charge is 2.27. The van der Waals surface area contributed by atoms with E-state index < -0.39 is 20.0 Å². The molecular weight excluding hydrogens is 780 g/mol. The molecule has 0 aromatic rings. The fraction of sp³-hybridized carbons (Fsp3) is 0.750. The van der Waals surface area contributed by atoms with E-state index in [4.69, 9.17) is 9.05 Å². The zero-order valence-electron chi connectivity index (χ0n) is 40.1. The molecule has 3 atom stereocenters. The van der Waals surface area contributed by atoms with Crippen molar-refractivity contribution in [2.75, 3.05) is 40.9 Å². The number of hydrogen-bond donors (Lipinski definition) is 3. The minimum absolute atomic E-state index is 0.0537. The first-order valence-electron chi connectivity index (χ1n) is 24.8. The molecule has 3 N–H and O–H groups in total. The van der Waals surface area contributed by atoms with Crippen molar-refractivity contribution in [2.45, 2.75) is 212 Å². The van der Waals surface area contributed by atoms with Gasteiger partial charge in [-0.25, -0.2) is 4.57 Å². The van der Waals surface area contributed by atoms with Crippen molar-refractivity contribution < 1.29 is 32.9 Å². The normalized spacial score (nSPS) is 14.8. The Hall–Kier alpha value is -2.06. The van der Waals surface area contributed by atoms with Crippen molar-refractivity contribution in [1.29, 1.82) is 0 Å². The molecule has 0 bridgehead atoms. The lowest BCUT2D eigenvalue weighted by Crippen LogP contribution is -2.45. The highest BCUT2D eigenvalue weighted by atomic mass is 31.2. The Morgan fingerprint density at radius 1 is 0.574 bits per heavy atom. The van der Waals surface area contributed by atoms with E-state index in [1.165, 1.54) is 116 Å². The average molecular weight is 876 g/mol. The first-order valence-corrected chi connectivity index (χ1v) is 26.3. The monoisotopic (exact) mass is 876 g/mol. The van der Waals surface area contributed by atoms with Gasteiger partial charge in [0.1, 0.15) is 13.2 Å². The standard InChI is InChI=1S/C52H95N2O6P/c1-6-8-10-12-14-16-18-20-21-22-23-24-25-26-27-28-29-30-31-32-33-34-36-38-40-42-44-46-52(56)53-50(49-60-61(57,58)59-48-47-54(3,4)5)51(55)45-43-41-39-37-35-19-17-15-13-11-9-7-2/h8,10,14,16,20-21,23-24,35,37,43,45,50-51,55H,6-7,9,11-13,15,17-19,22,25-34,36,38-42,44,46-49H2,1-5H3,(H-,53,56,57,58)/p+1/b10-8-,16-14-,21-20-,24-23-,37-35+,45-43+. The van der Waals surface area contributed by atoms with Gasteiger partial charge in [-0.2, -0.15) is 0 Å². The number of nitrogens with zero attached hydrogens (tertiary/aromatic N) is 1. The molecule has 0 radical (unpaired) electrons. The van der Waals surface area contributed by atoms with E-state index >= 15 is 0 Å². The zero-order chi connectivity index (χ0) is 45.0. The van der Waals surface area contributed by atoms with Gasteiger partial charge < -0.3 is 19.8 Å². The molecule has 0 spiro atoms. The molecule has 0 heterocycles. The van der Waals surface area contributed by atoms with Crippen molar-refractivity contribution in [2.24, 2.45) is 0 Å². The number of carbonyl (C=O) groups is 1. The zero-order valence-corrected chi connectivity index (χ0v) is 41.0. The molecule has 0 aromatic heterocycles. The van der Waals surface area contributed by atoms with Crippen molar-refractivity contribution in [3.8, 4) is 0 Å². The van der Waals surface area contributed by atoms with Gasteiger partial charge in [0.2, 0.25) is 5.91 Å². The number of aliphatic hydroxyl groups excluding tert-OH is 1. The molecular formula is C52H96N2O6P+. The van der Waals surface area contributed by atoms with E-state index in [0.717, 1.165) is 64.2 Å². The van der Waals surface area contributed by atoms with Gasteiger partial charge in [-0.3, -0.25) is 13.8 Å². The fourth-order valence-electron chi connectivity index (χ4n) is 6.75. The number of rotatable bonds is 44. The van der Waals surface area contributed by atoms with Crippen molar-refractivity contribution >= 4 is 13.7 Å². The Labute approximate surface area is 376 Å².